The molecule has 6 nitrogen and oxygen atoms in total. The largest absolute Gasteiger partial charge is 0.467 e. The number of aryl methyl sites for hydroxylation is 1. The van der Waals surface area contributed by atoms with Crippen LogP contribution in [0.5, 0.6) is 0 Å². The smallest absolute Gasteiger partial charge is 0.251 e. The molecule has 1 aromatic heterocycles. The van der Waals surface area contributed by atoms with Gasteiger partial charge in [-0.05, 0) is 48.9 Å². The minimum absolute atomic E-state index is 0.177. The van der Waals surface area contributed by atoms with Gasteiger partial charge < -0.3 is 9.73 Å². The van der Waals surface area contributed by atoms with Crippen LogP contribution >= 0.6 is 0 Å². The molecule has 0 aliphatic heterocycles. The van der Waals surface area contributed by atoms with Gasteiger partial charge in [-0.1, -0.05) is 35.9 Å². The van der Waals surface area contributed by atoms with E-state index in [9.17, 15) is 13.2 Å². The second-order valence-corrected chi connectivity index (χ2v) is 8.80. The van der Waals surface area contributed by atoms with Gasteiger partial charge >= 0.3 is 0 Å². The minimum Gasteiger partial charge on any atom is -0.467 e. The van der Waals surface area contributed by atoms with E-state index in [0.29, 0.717) is 17.9 Å². The fraction of sp³-hybridized carbons (Fsp3) is 0.174. The molecule has 30 heavy (non-hydrogen) atoms. The zero-order valence-corrected chi connectivity index (χ0v) is 17.6. The Hall–Kier alpha value is -3.16. The van der Waals surface area contributed by atoms with Gasteiger partial charge in [0, 0.05) is 18.7 Å². The lowest BCUT2D eigenvalue weighted by Crippen LogP contribution is -2.31. The molecule has 156 valence electrons. The second-order valence-electron chi connectivity index (χ2n) is 6.86. The van der Waals surface area contributed by atoms with Gasteiger partial charge in [0.25, 0.3) is 5.91 Å². The molecule has 7 heteroatoms. The second kappa shape index (κ2) is 9.56. The molecule has 0 aliphatic rings. The van der Waals surface area contributed by atoms with E-state index in [1.807, 2.05) is 6.92 Å². The van der Waals surface area contributed by atoms with Crippen LogP contribution in [-0.2, 0) is 23.1 Å². The molecule has 0 bridgehead atoms. The zero-order valence-electron chi connectivity index (χ0n) is 16.7. The van der Waals surface area contributed by atoms with E-state index in [1.54, 1.807) is 73.0 Å². The van der Waals surface area contributed by atoms with Crippen LogP contribution in [0, 0.1) is 6.92 Å². The lowest BCUT2D eigenvalue weighted by atomic mass is 10.1. The van der Waals surface area contributed by atoms with Crippen molar-refractivity contribution in [1.29, 1.82) is 0 Å². The molecule has 0 atom stereocenters. The van der Waals surface area contributed by atoms with Crippen molar-refractivity contribution in [3.63, 3.8) is 0 Å². The number of sulfonamides is 1. The topological polar surface area (TPSA) is 79.6 Å². The zero-order chi connectivity index (χ0) is 21.6. The third-order valence-corrected chi connectivity index (χ3v) is 6.40. The Morgan fingerprint density at radius 3 is 2.40 bits per heavy atom. The third-order valence-electron chi connectivity index (χ3n) is 4.57. The lowest BCUT2D eigenvalue weighted by molar-refractivity contribution is 0.0948. The Labute approximate surface area is 176 Å². The molecule has 1 amide bonds. The molecule has 1 N–H and O–H groups in total. The third kappa shape index (κ3) is 5.25. The minimum atomic E-state index is -3.67. The van der Waals surface area contributed by atoms with Gasteiger partial charge in [-0.15, -0.1) is 6.58 Å². The molecule has 0 aliphatic carbocycles. The van der Waals surface area contributed by atoms with Crippen LogP contribution in [-0.4, -0.2) is 25.2 Å². The van der Waals surface area contributed by atoms with E-state index < -0.39 is 10.0 Å². The molecule has 3 aromatic rings. The van der Waals surface area contributed by atoms with Crippen LogP contribution in [0.1, 0.15) is 27.2 Å². The van der Waals surface area contributed by atoms with Crippen molar-refractivity contribution < 1.29 is 17.6 Å². The van der Waals surface area contributed by atoms with Crippen LogP contribution in [0.3, 0.4) is 0 Å². The molecule has 0 saturated carbocycles. The summed E-state index contributed by atoms with van der Waals surface area (Å²) in [7, 11) is -3.67. The summed E-state index contributed by atoms with van der Waals surface area (Å²) in [5.41, 5.74) is 2.25. The van der Waals surface area contributed by atoms with Crippen molar-refractivity contribution in [3.05, 3.63) is 102 Å². The Bertz CT molecular complexity index is 1090. The molecular formula is C23H24N2O4S. The van der Waals surface area contributed by atoms with Crippen molar-refractivity contribution in [1.82, 2.24) is 9.62 Å². The van der Waals surface area contributed by atoms with Crippen LogP contribution in [0.2, 0.25) is 0 Å². The van der Waals surface area contributed by atoms with Crippen LogP contribution < -0.4 is 5.32 Å². The van der Waals surface area contributed by atoms with Crippen LogP contribution in [0.4, 0.5) is 0 Å². The van der Waals surface area contributed by atoms with E-state index in [0.717, 1.165) is 11.1 Å². The Morgan fingerprint density at radius 1 is 1.10 bits per heavy atom. The number of nitrogens with zero attached hydrogens (tertiary/aromatic N) is 1. The quantitative estimate of drug-likeness (QED) is 0.529. The number of amides is 1. The molecular weight excluding hydrogens is 400 g/mol. The van der Waals surface area contributed by atoms with Gasteiger partial charge in [0.05, 0.1) is 17.7 Å². The monoisotopic (exact) mass is 424 g/mol. The SMILES string of the molecule is C=CCN(Cc1ccc(C(=O)NCc2ccco2)cc1)S(=O)(=O)c1ccc(C)cc1. The van der Waals surface area contributed by atoms with Crippen molar-refractivity contribution in [2.75, 3.05) is 6.54 Å². The average molecular weight is 425 g/mol. The molecule has 0 spiro atoms. The van der Waals surface area contributed by atoms with Gasteiger partial charge in [-0.3, -0.25) is 4.79 Å². The Kier molecular flexibility index (Phi) is 6.87. The summed E-state index contributed by atoms with van der Waals surface area (Å²) in [6, 6.07) is 17.2. The molecule has 0 radical (unpaired) electrons. The highest BCUT2D eigenvalue weighted by atomic mass is 32.2. The van der Waals surface area contributed by atoms with E-state index >= 15 is 0 Å². The van der Waals surface area contributed by atoms with Crippen LogP contribution in [0.15, 0.2) is 88.9 Å². The van der Waals surface area contributed by atoms with E-state index in [2.05, 4.69) is 11.9 Å². The predicted octanol–water partition coefficient (Wildman–Crippen LogP) is 3.89. The van der Waals surface area contributed by atoms with Gasteiger partial charge in [-0.2, -0.15) is 4.31 Å². The van der Waals surface area contributed by atoms with E-state index in [-0.39, 0.29) is 23.9 Å². The predicted molar refractivity (Wildman–Crippen MR) is 115 cm³/mol. The lowest BCUT2D eigenvalue weighted by Gasteiger charge is -2.21. The van der Waals surface area contributed by atoms with Gasteiger partial charge in [0.2, 0.25) is 10.0 Å². The van der Waals surface area contributed by atoms with Crippen molar-refractivity contribution in [3.8, 4) is 0 Å². The van der Waals surface area contributed by atoms with Crippen molar-refractivity contribution in [2.45, 2.75) is 24.9 Å². The Morgan fingerprint density at radius 2 is 1.80 bits per heavy atom. The first-order chi connectivity index (χ1) is 14.4. The first-order valence-corrected chi connectivity index (χ1v) is 10.9. The first-order valence-electron chi connectivity index (χ1n) is 9.47. The molecule has 3 rings (SSSR count). The fourth-order valence-corrected chi connectivity index (χ4v) is 4.30. The number of hydrogen-bond acceptors (Lipinski definition) is 4. The number of furan rings is 1. The molecule has 1 heterocycles. The fourth-order valence-electron chi connectivity index (χ4n) is 2.90. The molecule has 2 aromatic carbocycles. The summed E-state index contributed by atoms with van der Waals surface area (Å²) in [5, 5.41) is 2.78. The van der Waals surface area contributed by atoms with Gasteiger partial charge in [0.1, 0.15) is 5.76 Å². The number of nitrogens with one attached hydrogen (secondary N) is 1. The maximum absolute atomic E-state index is 13.0. The van der Waals surface area contributed by atoms with Gasteiger partial charge in [-0.25, -0.2) is 8.42 Å². The van der Waals surface area contributed by atoms with Crippen molar-refractivity contribution in [2.24, 2.45) is 0 Å². The van der Waals surface area contributed by atoms with Crippen LogP contribution in [0.25, 0.3) is 0 Å². The molecule has 0 fully saturated rings. The highest BCUT2D eigenvalue weighted by molar-refractivity contribution is 7.89. The maximum Gasteiger partial charge on any atom is 0.251 e. The first kappa shape index (κ1) is 21.5. The summed E-state index contributed by atoms with van der Waals surface area (Å²) in [6.07, 6.45) is 3.11. The summed E-state index contributed by atoms with van der Waals surface area (Å²) < 4.78 is 32.6. The Balaban J connectivity index is 1.70. The molecule has 0 saturated heterocycles. The number of carbonyl (C=O) groups excluding carboxylic acids is 1. The van der Waals surface area contributed by atoms with Crippen molar-refractivity contribution >= 4 is 15.9 Å². The number of rotatable bonds is 9. The van der Waals surface area contributed by atoms with Gasteiger partial charge in [0.15, 0.2) is 0 Å². The molecule has 0 unspecified atom stereocenters. The maximum atomic E-state index is 13.0. The summed E-state index contributed by atoms with van der Waals surface area (Å²) >= 11 is 0. The highest BCUT2D eigenvalue weighted by Gasteiger charge is 2.23. The average Bonchev–Trinajstić information content (AvgIpc) is 3.26. The summed E-state index contributed by atoms with van der Waals surface area (Å²) in [6.45, 7) is 6.24. The standard InChI is InChI=1S/C23H24N2O4S/c1-3-14-25(30(27,28)22-12-6-18(2)7-13-22)17-19-8-10-20(11-9-19)23(26)24-16-21-5-4-15-29-21/h3-13,15H,1,14,16-17H2,2H3,(H,24,26). The number of hydrogen-bond donors (Lipinski definition) is 1. The summed E-state index contributed by atoms with van der Waals surface area (Å²) in [4.78, 5) is 12.5. The van der Waals surface area contributed by atoms with E-state index in [1.165, 1.54) is 4.31 Å². The number of carbonyl (C=O) groups is 1. The normalized spacial score (nSPS) is 11.4. The highest BCUT2D eigenvalue weighted by Crippen LogP contribution is 2.19. The summed E-state index contributed by atoms with van der Waals surface area (Å²) in [5.74, 6) is 0.439. The van der Waals surface area contributed by atoms with E-state index in [4.69, 9.17) is 4.42 Å². The number of benzene rings is 2.